The topological polar surface area (TPSA) is 121 Å². The summed E-state index contributed by atoms with van der Waals surface area (Å²) in [7, 11) is 1.74. The predicted octanol–water partition coefficient (Wildman–Crippen LogP) is 2.45. The maximum atomic E-state index is 12.9. The molecule has 2 atom stereocenters. The van der Waals surface area contributed by atoms with Crippen molar-refractivity contribution < 1.29 is 8.78 Å². The first-order valence-corrected chi connectivity index (χ1v) is 10.1. The van der Waals surface area contributed by atoms with Gasteiger partial charge < -0.3 is 10.3 Å². The van der Waals surface area contributed by atoms with Crippen LogP contribution >= 0.6 is 0 Å². The third-order valence-electron chi connectivity index (χ3n) is 5.75. The maximum Gasteiger partial charge on any atom is 0.325 e. The zero-order valence-electron chi connectivity index (χ0n) is 17.0. The number of H-pyrrole nitrogens is 2. The lowest BCUT2D eigenvalue weighted by Gasteiger charge is -2.10. The molecule has 9 nitrogen and oxygen atoms in total. The minimum absolute atomic E-state index is 0.123. The highest BCUT2D eigenvalue weighted by atomic mass is 19.3. The van der Waals surface area contributed by atoms with Gasteiger partial charge in [-0.3, -0.25) is 14.5 Å². The van der Waals surface area contributed by atoms with Crippen LogP contribution in [-0.4, -0.2) is 43.4 Å². The Morgan fingerprint density at radius 1 is 1.22 bits per heavy atom. The third kappa shape index (κ3) is 3.55. The second-order valence-corrected chi connectivity index (χ2v) is 7.75. The molecular weight excluding hydrogens is 420 g/mol. The first-order chi connectivity index (χ1) is 15.4. The van der Waals surface area contributed by atoms with Crippen LogP contribution in [0.4, 0.5) is 14.6 Å². The van der Waals surface area contributed by atoms with Crippen molar-refractivity contribution in [1.29, 1.82) is 0 Å². The molecule has 3 N–H and O–H groups in total. The average Bonchev–Trinajstić information content (AvgIpc) is 3.48. The Morgan fingerprint density at radius 3 is 2.81 bits per heavy atom. The van der Waals surface area contributed by atoms with Crippen molar-refractivity contribution in [2.24, 2.45) is 0 Å². The highest BCUT2D eigenvalue weighted by Gasteiger charge is 2.41. The zero-order chi connectivity index (χ0) is 22.4. The van der Waals surface area contributed by atoms with Crippen LogP contribution in [0.25, 0.3) is 22.2 Å². The second kappa shape index (κ2) is 7.66. The quantitative estimate of drug-likeness (QED) is 0.424. The summed E-state index contributed by atoms with van der Waals surface area (Å²) in [6, 6.07) is 7.59. The van der Waals surface area contributed by atoms with E-state index in [0.717, 1.165) is 22.9 Å². The summed E-state index contributed by atoms with van der Waals surface area (Å²) >= 11 is 0. The summed E-state index contributed by atoms with van der Waals surface area (Å²) in [6.07, 6.45) is 1.27. The minimum Gasteiger partial charge on any atom is -0.371 e. The van der Waals surface area contributed by atoms with E-state index in [1.54, 1.807) is 19.3 Å². The van der Waals surface area contributed by atoms with Gasteiger partial charge in [-0.1, -0.05) is 12.1 Å². The molecule has 1 aromatic carbocycles. The highest BCUT2D eigenvalue weighted by molar-refractivity contribution is 5.79. The number of hydrogen-bond donors (Lipinski definition) is 3. The van der Waals surface area contributed by atoms with Gasteiger partial charge in [0.25, 0.3) is 12.0 Å². The van der Waals surface area contributed by atoms with Crippen LogP contribution in [0, 0.1) is 0 Å². The van der Waals surface area contributed by atoms with Crippen molar-refractivity contribution >= 4 is 16.7 Å². The summed E-state index contributed by atoms with van der Waals surface area (Å²) in [5.41, 5.74) is 2.03. The molecule has 4 aromatic rings. The molecule has 1 unspecified atom stereocenters. The van der Waals surface area contributed by atoms with Gasteiger partial charge in [0.15, 0.2) is 5.82 Å². The second-order valence-electron chi connectivity index (χ2n) is 7.75. The number of nitrogens with one attached hydrogen (secondary N) is 3. The van der Waals surface area contributed by atoms with Crippen LogP contribution in [0.5, 0.6) is 0 Å². The van der Waals surface area contributed by atoms with Gasteiger partial charge in [0.2, 0.25) is 0 Å². The molecular formula is C21H19F2N7O2. The summed E-state index contributed by atoms with van der Waals surface area (Å²) in [5, 5.41) is 16.2. The van der Waals surface area contributed by atoms with E-state index in [9.17, 15) is 18.4 Å². The van der Waals surface area contributed by atoms with Crippen molar-refractivity contribution in [1.82, 2.24) is 29.9 Å². The van der Waals surface area contributed by atoms with Crippen molar-refractivity contribution in [2.75, 3.05) is 12.4 Å². The molecule has 1 aliphatic carbocycles. The number of fused-ring (bicyclic) bond motifs is 1. The minimum atomic E-state index is -2.48. The maximum absolute atomic E-state index is 12.9. The lowest BCUT2D eigenvalue weighted by atomic mass is 10.0. The Kier molecular flexibility index (Phi) is 4.80. The van der Waals surface area contributed by atoms with Crippen molar-refractivity contribution in [3.8, 4) is 11.3 Å². The summed E-state index contributed by atoms with van der Waals surface area (Å²) < 4.78 is 27.1. The molecule has 0 amide bonds. The number of alkyl halides is 2. The largest absolute Gasteiger partial charge is 0.371 e. The normalized spacial score (nSPS) is 17.8. The molecule has 0 spiro atoms. The van der Waals surface area contributed by atoms with Gasteiger partial charge in [-0.25, -0.2) is 13.6 Å². The number of halogens is 2. The fraction of sp³-hybridized carbons (Fsp3) is 0.286. The predicted molar refractivity (Wildman–Crippen MR) is 114 cm³/mol. The molecule has 164 valence electrons. The Balaban J connectivity index is 1.49. The molecule has 3 aromatic heterocycles. The van der Waals surface area contributed by atoms with Gasteiger partial charge in [-0.15, -0.1) is 10.2 Å². The number of aromatic amines is 2. The summed E-state index contributed by atoms with van der Waals surface area (Å²) in [6.45, 7) is -0.448. The number of rotatable bonds is 6. The molecule has 0 bridgehead atoms. The van der Waals surface area contributed by atoms with Crippen molar-refractivity contribution in [2.45, 2.75) is 31.2 Å². The van der Waals surface area contributed by atoms with Crippen molar-refractivity contribution in [3.05, 3.63) is 68.6 Å². The molecule has 5 rings (SSSR count). The van der Waals surface area contributed by atoms with E-state index in [4.69, 9.17) is 0 Å². The fourth-order valence-corrected chi connectivity index (χ4v) is 4.12. The van der Waals surface area contributed by atoms with Gasteiger partial charge in [-0.2, -0.15) is 5.10 Å². The molecule has 1 saturated carbocycles. The third-order valence-corrected chi connectivity index (χ3v) is 5.75. The van der Waals surface area contributed by atoms with Crippen LogP contribution in [0.1, 0.15) is 29.4 Å². The number of anilines is 1. The van der Waals surface area contributed by atoms with Crippen LogP contribution in [0.15, 0.2) is 46.2 Å². The molecule has 32 heavy (non-hydrogen) atoms. The first-order valence-electron chi connectivity index (χ1n) is 10.1. The van der Waals surface area contributed by atoms with Gasteiger partial charge in [0.05, 0.1) is 17.3 Å². The Bertz CT molecular complexity index is 1430. The van der Waals surface area contributed by atoms with Gasteiger partial charge in [0.1, 0.15) is 12.2 Å². The van der Waals surface area contributed by atoms with Gasteiger partial charge >= 0.3 is 5.69 Å². The highest BCUT2D eigenvalue weighted by Crippen LogP contribution is 2.56. The first kappa shape index (κ1) is 20.0. The van der Waals surface area contributed by atoms with Crippen LogP contribution in [0.3, 0.4) is 0 Å². The van der Waals surface area contributed by atoms with Crippen LogP contribution < -0.4 is 16.6 Å². The Labute approximate surface area is 179 Å². The molecule has 0 saturated heterocycles. The molecule has 3 heterocycles. The molecule has 0 aliphatic heterocycles. The number of aromatic nitrogens is 6. The average molecular weight is 439 g/mol. The Hall–Kier alpha value is -3.89. The lowest BCUT2D eigenvalue weighted by molar-refractivity contribution is 0.123. The monoisotopic (exact) mass is 439 g/mol. The molecule has 1 aliphatic rings. The smallest absolute Gasteiger partial charge is 0.325 e. The summed E-state index contributed by atoms with van der Waals surface area (Å²) in [4.78, 5) is 28.1. The standard InChI is InChI=1S/C21H19F2N7O2/c1-24-19-14(6-16(28-29-19)15-8-25-21(32)27-20(15)31)13-5-12(13)10-2-3-11-7-26-30(9-18(22)23)17(11)4-10/h2-4,6-8,12-13,18H,5,9H2,1H3,(H,24,29)(H2,25,27,31,32)/t12?,13-/m1/s1. The number of nitrogens with zero attached hydrogens (tertiary/aromatic N) is 4. The van der Waals surface area contributed by atoms with E-state index in [0.29, 0.717) is 17.0 Å². The van der Waals surface area contributed by atoms with Crippen LogP contribution in [-0.2, 0) is 6.54 Å². The molecule has 11 heteroatoms. The molecule has 1 fully saturated rings. The van der Waals surface area contributed by atoms with E-state index in [-0.39, 0.29) is 17.4 Å². The SMILES string of the molecule is CNc1nnc(-c2c[nH]c(=O)[nH]c2=O)cc1[C@@H]1CC1c1ccc2cnn(CC(F)F)c2c1. The number of hydrogen-bond acceptors (Lipinski definition) is 6. The van der Waals surface area contributed by atoms with Crippen LogP contribution in [0.2, 0.25) is 0 Å². The fourth-order valence-electron chi connectivity index (χ4n) is 4.12. The molecule has 0 radical (unpaired) electrons. The van der Waals surface area contributed by atoms with Gasteiger partial charge in [-0.05, 0) is 36.0 Å². The summed E-state index contributed by atoms with van der Waals surface area (Å²) in [5.74, 6) is 0.899. The zero-order valence-corrected chi connectivity index (χ0v) is 17.0. The van der Waals surface area contributed by atoms with Gasteiger partial charge in [0, 0.05) is 24.2 Å². The lowest BCUT2D eigenvalue weighted by Crippen LogP contribution is -2.23. The van der Waals surface area contributed by atoms with E-state index in [1.807, 2.05) is 18.2 Å². The van der Waals surface area contributed by atoms with E-state index < -0.39 is 24.2 Å². The van der Waals surface area contributed by atoms with E-state index in [1.165, 1.54) is 10.9 Å². The van der Waals surface area contributed by atoms with E-state index >= 15 is 0 Å². The van der Waals surface area contributed by atoms with Crippen molar-refractivity contribution in [3.63, 3.8) is 0 Å². The number of benzene rings is 1. The Morgan fingerprint density at radius 2 is 2.06 bits per heavy atom. The van der Waals surface area contributed by atoms with E-state index in [2.05, 4.69) is 30.6 Å².